The van der Waals surface area contributed by atoms with Crippen LogP contribution in [0.25, 0.3) is 10.9 Å². The van der Waals surface area contributed by atoms with Crippen molar-refractivity contribution in [3.8, 4) is 0 Å². The fourth-order valence-corrected chi connectivity index (χ4v) is 3.92. The molecule has 0 atom stereocenters. The Morgan fingerprint density at radius 1 is 0.630 bits per heavy atom. The van der Waals surface area contributed by atoms with Crippen molar-refractivity contribution >= 4 is 57.3 Å². The molecular weight excluding hydrogens is 420 g/mol. The molecule has 0 fully saturated rings. The van der Waals surface area contributed by atoms with Crippen molar-refractivity contribution in [2.75, 3.05) is 0 Å². The Bertz CT molecular complexity index is 1080. The van der Waals surface area contributed by atoms with Crippen LogP contribution >= 0.6 is 46.4 Å². The molecule has 5 heteroatoms. The number of para-hydroxylation sites is 1. The zero-order chi connectivity index (χ0) is 19.0. The number of halogens is 4. The van der Waals surface area contributed by atoms with Crippen LogP contribution in [0.1, 0.15) is 22.6 Å². The third kappa shape index (κ3) is 3.66. The average molecular weight is 433 g/mol. The van der Waals surface area contributed by atoms with Crippen LogP contribution in [0.2, 0.25) is 20.1 Å². The Labute approximate surface area is 177 Å². The lowest BCUT2D eigenvalue weighted by Gasteiger charge is -2.21. The molecule has 27 heavy (non-hydrogen) atoms. The van der Waals surface area contributed by atoms with Crippen LogP contribution in [0.5, 0.6) is 0 Å². The molecule has 134 valence electrons. The lowest BCUT2D eigenvalue weighted by atomic mass is 9.83. The average Bonchev–Trinajstić information content (AvgIpc) is 2.68. The summed E-state index contributed by atoms with van der Waals surface area (Å²) in [6, 6.07) is 21.5. The zero-order valence-electron chi connectivity index (χ0n) is 14.0. The number of hydrogen-bond acceptors (Lipinski definition) is 1. The van der Waals surface area contributed by atoms with Gasteiger partial charge in [0.2, 0.25) is 0 Å². The van der Waals surface area contributed by atoms with Gasteiger partial charge in [-0.1, -0.05) is 76.7 Å². The number of rotatable bonds is 3. The minimum atomic E-state index is -0.0950. The molecule has 1 heterocycles. The molecule has 1 nitrogen and oxygen atoms in total. The smallest absolute Gasteiger partial charge is 0.0705 e. The van der Waals surface area contributed by atoms with Crippen molar-refractivity contribution in [1.29, 1.82) is 0 Å². The highest BCUT2D eigenvalue weighted by Crippen LogP contribution is 2.39. The Morgan fingerprint density at radius 3 is 1.81 bits per heavy atom. The minimum Gasteiger partial charge on any atom is -0.256 e. The lowest BCUT2D eigenvalue weighted by Crippen LogP contribution is -2.05. The van der Waals surface area contributed by atoms with Gasteiger partial charge in [-0.15, -0.1) is 0 Å². The van der Waals surface area contributed by atoms with E-state index in [-0.39, 0.29) is 5.92 Å². The van der Waals surface area contributed by atoms with Crippen molar-refractivity contribution in [3.05, 3.63) is 110 Å². The summed E-state index contributed by atoms with van der Waals surface area (Å²) in [5.74, 6) is -0.0950. The maximum atomic E-state index is 6.32. The molecule has 0 aliphatic carbocycles. The first-order chi connectivity index (χ1) is 13.0. The summed E-state index contributed by atoms with van der Waals surface area (Å²) in [5, 5.41) is 3.14. The molecule has 0 saturated carbocycles. The van der Waals surface area contributed by atoms with E-state index in [1.54, 1.807) is 0 Å². The molecule has 0 saturated heterocycles. The van der Waals surface area contributed by atoms with Gasteiger partial charge in [0.05, 0.1) is 25.6 Å². The van der Waals surface area contributed by atoms with Gasteiger partial charge >= 0.3 is 0 Å². The molecule has 0 radical (unpaired) electrons. The number of nitrogens with zero attached hydrogens (tertiary/aromatic N) is 1. The molecule has 0 amide bonds. The summed E-state index contributed by atoms with van der Waals surface area (Å²) >= 11 is 24.9. The highest BCUT2D eigenvalue weighted by molar-refractivity contribution is 6.42. The van der Waals surface area contributed by atoms with Crippen LogP contribution in [-0.4, -0.2) is 4.98 Å². The van der Waals surface area contributed by atoms with Crippen LogP contribution in [0, 0.1) is 0 Å². The van der Waals surface area contributed by atoms with E-state index in [0.29, 0.717) is 20.1 Å². The normalized spacial score (nSPS) is 11.3. The second-order valence-corrected chi connectivity index (χ2v) is 7.83. The van der Waals surface area contributed by atoms with Gasteiger partial charge in [-0.25, -0.2) is 0 Å². The minimum absolute atomic E-state index is 0.0950. The molecule has 4 rings (SSSR count). The SMILES string of the molecule is Clc1ccc(C(c2ccc(Cl)c(Cl)c2)c2ccnc3ccccc23)cc1Cl. The van der Waals surface area contributed by atoms with Crippen LogP contribution in [0.3, 0.4) is 0 Å². The third-order valence-corrected chi connectivity index (χ3v) is 6.03. The van der Waals surface area contributed by atoms with Gasteiger partial charge in [0.25, 0.3) is 0 Å². The maximum Gasteiger partial charge on any atom is 0.0705 e. The number of hydrogen-bond donors (Lipinski definition) is 0. The first-order valence-corrected chi connectivity index (χ1v) is 9.79. The summed E-state index contributed by atoms with van der Waals surface area (Å²) in [6.45, 7) is 0. The zero-order valence-corrected chi connectivity index (χ0v) is 17.0. The standard InChI is InChI=1S/C22H13Cl4N/c23-17-7-5-13(11-19(17)25)22(14-6-8-18(24)20(26)12-14)16-9-10-27-21-4-2-1-3-15(16)21/h1-12,22H. The summed E-state index contributed by atoms with van der Waals surface area (Å²) in [7, 11) is 0. The van der Waals surface area contributed by atoms with E-state index < -0.39 is 0 Å². The van der Waals surface area contributed by atoms with E-state index in [0.717, 1.165) is 27.6 Å². The highest BCUT2D eigenvalue weighted by atomic mass is 35.5. The molecule has 4 aromatic rings. The second-order valence-electron chi connectivity index (χ2n) is 6.20. The van der Waals surface area contributed by atoms with Crippen molar-refractivity contribution in [3.63, 3.8) is 0 Å². The van der Waals surface area contributed by atoms with Crippen LogP contribution in [0.4, 0.5) is 0 Å². The van der Waals surface area contributed by atoms with Gasteiger partial charge in [0.1, 0.15) is 0 Å². The molecule has 0 aliphatic rings. The number of aromatic nitrogens is 1. The quantitative estimate of drug-likeness (QED) is 0.319. The maximum absolute atomic E-state index is 6.32. The Balaban J connectivity index is 2.00. The van der Waals surface area contributed by atoms with Crippen molar-refractivity contribution in [1.82, 2.24) is 4.98 Å². The Hall–Kier alpha value is -1.77. The monoisotopic (exact) mass is 431 g/mol. The van der Waals surface area contributed by atoms with E-state index in [4.69, 9.17) is 46.4 Å². The predicted octanol–water partition coefficient (Wildman–Crippen LogP) is 8.03. The fraction of sp³-hybridized carbons (Fsp3) is 0.0455. The van der Waals surface area contributed by atoms with Crippen molar-refractivity contribution in [2.45, 2.75) is 5.92 Å². The van der Waals surface area contributed by atoms with Gasteiger partial charge in [-0.05, 0) is 53.1 Å². The molecule has 0 aliphatic heterocycles. The van der Waals surface area contributed by atoms with E-state index in [9.17, 15) is 0 Å². The van der Waals surface area contributed by atoms with Gasteiger partial charge in [-0.3, -0.25) is 4.98 Å². The number of pyridine rings is 1. The molecule has 0 unspecified atom stereocenters. The third-order valence-electron chi connectivity index (χ3n) is 4.55. The Morgan fingerprint density at radius 2 is 1.22 bits per heavy atom. The summed E-state index contributed by atoms with van der Waals surface area (Å²) in [6.07, 6.45) is 1.82. The molecule has 1 aromatic heterocycles. The molecule has 0 N–H and O–H groups in total. The summed E-state index contributed by atoms with van der Waals surface area (Å²) < 4.78 is 0. The van der Waals surface area contributed by atoms with Gasteiger partial charge in [-0.2, -0.15) is 0 Å². The first-order valence-electron chi connectivity index (χ1n) is 8.28. The largest absolute Gasteiger partial charge is 0.256 e. The van der Waals surface area contributed by atoms with Crippen LogP contribution in [-0.2, 0) is 0 Å². The van der Waals surface area contributed by atoms with Gasteiger partial charge in [0.15, 0.2) is 0 Å². The first kappa shape index (κ1) is 18.6. The van der Waals surface area contributed by atoms with Gasteiger partial charge < -0.3 is 0 Å². The molecular formula is C22H13Cl4N. The lowest BCUT2D eigenvalue weighted by molar-refractivity contribution is 0.986. The van der Waals surface area contributed by atoms with Crippen LogP contribution < -0.4 is 0 Å². The van der Waals surface area contributed by atoms with Crippen molar-refractivity contribution < 1.29 is 0 Å². The van der Waals surface area contributed by atoms with E-state index >= 15 is 0 Å². The predicted molar refractivity (Wildman–Crippen MR) is 116 cm³/mol. The van der Waals surface area contributed by atoms with E-state index in [1.165, 1.54) is 0 Å². The Kier molecular flexibility index (Phi) is 5.29. The fourth-order valence-electron chi connectivity index (χ4n) is 3.31. The van der Waals surface area contributed by atoms with Gasteiger partial charge in [0, 0.05) is 17.5 Å². The van der Waals surface area contributed by atoms with E-state index in [2.05, 4.69) is 11.1 Å². The van der Waals surface area contributed by atoms with Crippen molar-refractivity contribution in [2.24, 2.45) is 0 Å². The number of benzene rings is 3. The second kappa shape index (κ2) is 7.69. The topological polar surface area (TPSA) is 12.9 Å². The number of fused-ring (bicyclic) bond motifs is 1. The summed E-state index contributed by atoms with van der Waals surface area (Å²) in [4.78, 5) is 4.48. The summed E-state index contributed by atoms with van der Waals surface area (Å²) in [5.41, 5.74) is 4.07. The highest BCUT2D eigenvalue weighted by Gasteiger charge is 2.21. The molecule has 0 spiro atoms. The van der Waals surface area contributed by atoms with E-state index in [1.807, 2.05) is 66.9 Å². The van der Waals surface area contributed by atoms with Crippen LogP contribution in [0.15, 0.2) is 72.9 Å². The molecule has 0 bridgehead atoms. The molecule has 3 aromatic carbocycles.